The molecule has 0 unspecified atom stereocenters. The number of hydrogen-bond acceptors (Lipinski definition) is 6. The average Bonchev–Trinajstić information content (AvgIpc) is 2.73. The molecular weight excluding hydrogens is 344 g/mol. The molecule has 0 atom stereocenters. The van der Waals surface area contributed by atoms with Crippen LogP contribution >= 0.6 is 0 Å². The van der Waals surface area contributed by atoms with Crippen LogP contribution in [0.3, 0.4) is 0 Å². The number of para-hydroxylation sites is 1. The highest BCUT2D eigenvalue weighted by atomic mass is 16.5. The number of aromatic nitrogens is 2. The SMILES string of the molecule is COc1ccc(C(=O)Nc2ccc(N(C)c3ccccc3)nn2)cc1OC. The molecule has 27 heavy (non-hydrogen) atoms. The highest BCUT2D eigenvalue weighted by Crippen LogP contribution is 2.28. The maximum Gasteiger partial charge on any atom is 0.257 e. The minimum absolute atomic E-state index is 0.311. The van der Waals surface area contributed by atoms with E-state index in [0.717, 1.165) is 5.69 Å². The molecular formula is C20H20N4O3. The van der Waals surface area contributed by atoms with Crippen LogP contribution in [0.2, 0.25) is 0 Å². The van der Waals surface area contributed by atoms with E-state index >= 15 is 0 Å². The van der Waals surface area contributed by atoms with E-state index in [1.165, 1.54) is 7.11 Å². The second-order valence-corrected chi connectivity index (χ2v) is 5.70. The van der Waals surface area contributed by atoms with Crippen LogP contribution in [-0.4, -0.2) is 37.4 Å². The lowest BCUT2D eigenvalue weighted by atomic mass is 10.2. The lowest BCUT2D eigenvalue weighted by Crippen LogP contribution is -2.15. The van der Waals surface area contributed by atoms with Crippen LogP contribution in [0.25, 0.3) is 0 Å². The lowest BCUT2D eigenvalue weighted by Gasteiger charge is -2.17. The summed E-state index contributed by atoms with van der Waals surface area (Å²) in [5.74, 6) is 1.76. The Kier molecular flexibility index (Phi) is 5.51. The minimum Gasteiger partial charge on any atom is -0.493 e. The molecule has 1 heterocycles. The Balaban J connectivity index is 1.72. The van der Waals surface area contributed by atoms with E-state index in [4.69, 9.17) is 9.47 Å². The van der Waals surface area contributed by atoms with E-state index in [0.29, 0.717) is 28.7 Å². The van der Waals surface area contributed by atoms with Gasteiger partial charge in [0.05, 0.1) is 14.2 Å². The van der Waals surface area contributed by atoms with Crippen molar-refractivity contribution in [3.05, 3.63) is 66.2 Å². The van der Waals surface area contributed by atoms with Crippen molar-refractivity contribution in [2.45, 2.75) is 0 Å². The summed E-state index contributed by atoms with van der Waals surface area (Å²) >= 11 is 0. The molecule has 1 amide bonds. The van der Waals surface area contributed by atoms with E-state index in [1.807, 2.05) is 42.3 Å². The molecule has 0 aliphatic rings. The van der Waals surface area contributed by atoms with Gasteiger partial charge in [0, 0.05) is 18.3 Å². The fourth-order valence-electron chi connectivity index (χ4n) is 2.52. The second-order valence-electron chi connectivity index (χ2n) is 5.70. The minimum atomic E-state index is -0.311. The van der Waals surface area contributed by atoms with Crippen molar-refractivity contribution in [1.82, 2.24) is 10.2 Å². The number of ether oxygens (including phenoxy) is 2. The summed E-state index contributed by atoms with van der Waals surface area (Å²) in [7, 11) is 4.97. The van der Waals surface area contributed by atoms with E-state index in [9.17, 15) is 4.79 Å². The summed E-state index contributed by atoms with van der Waals surface area (Å²) in [6.07, 6.45) is 0. The van der Waals surface area contributed by atoms with Crippen LogP contribution in [-0.2, 0) is 0 Å². The van der Waals surface area contributed by atoms with Crippen LogP contribution in [0.15, 0.2) is 60.7 Å². The highest BCUT2D eigenvalue weighted by Gasteiger charge is 2.12. The first-order valence-electron chi connectivity index (χ1n) is 8.28. The van der Waals surface area contributed by atoms with Crippen molar-refractivity contribution in [3.63, 3.8) is 0 Å². The number of benzene rings is 2. The molecule has 0 aliphatic heterocycles. The summed E-state index contributed by atoms with van der Waals surface area (Å²) in [4.78, 5) is 14.3. The Labute approximate surface area is 157 Å². The van der Waals surface area contributed by atoms with Gasteiger partial charge >= 0.3 is 0 Å². The Hall–Kier alpha value is -3.61. The number of anilines is 3. The largest absolute Gasteiger partial charge is 0.493 e. The van der Waals surface area contributed by atoms with Gasteiger partial charge in [0.1, 0.15) is 0 Å². The van der Waals surface area contributed by atoms with Crippen molar-refractivity contribution in [3.8, 4) is 11.5 Å². The first-order valence-corrected chi connectivity index (χ1v) is 8.28. The third kappa shape index (κ3) is 4.14. The highest BCUT2D eigenvalue weighted by molar-refractivity contribution is 6.04. The first kappa shape index (κ1) is 18.2. The molecule has 0 radical (unpaired) electrons. The van der Waals surface area contributed by atoms with Crippen molar-refractivity contribution >= 4 is 23.2 Å². The molecule has 0 fully saturated rings. The van der Waals surface area contributed by atoms with Gasteiger partial charge in [0.15, 0.2) is 23.1 Å². The molecule has 3 rings (SSSR count). The van der Waals surface area contributed by atoms with Crippen molar-refractivity contribution in [2.75, 3.05) is 31.5 Å². The third-order valence-corrected chi connectivity index (χ3v) is 4.02. The summed E-state index contributed by atoms with van der Waals surface area (Å²) in [6, 6.07) is 18.3. The van der Waals surface area contributed by atoms with E-state index in [-0.39, 0.29) is 5.91 Å². The van der Waals surface area contributed by atoms with Crippen LogP contribution < -0.4 is 19.7 Å². The summed E-state index contributed by atoms with van der Waals surface area (Å²) in [5, 5.41) is 11.0. The summed E-state index contributed by atoms with van der Waals surface area (Å²) in [5.41, 5.74) is 1.42. The molecule has 138 valence electrons. The number of hydrogen-bond donors (Lipinski definition) is 1. The average molecular weight is 364 g/mol. The maximum absolute atomic E-state index is 12.4. The molecule has 0 saturated carbocycles. The zero-order valence-corrected chi connectivity index (χ0v) is 15.3. The molecule has 7 heteroatoms. The van der Waals surface area contributed by atoms with Gasteiger partial charge in [-0.05, 0) is 42.5 Å². The molecule has 7 nitrogen and oxygen atoms in total. The first-order chi connectivity index (χ1) is 13.1. The predicted molar refractivity (Wildman–Crippen MR) is 104 cm³/mol. The predicted octanol–water partition coefficient (Wildman–Crippen LogP) is 3.51. The van der Waals surface area contributed by atoms with Gasteiger partial charge in [-0.15, -0.1) is 10.2 Å². The fraction of sp³-hybridized carbons (Fsp3) is 0.150. The Morgan fingerprint density at radius 2 is 1.67 bits per heavy atom. The van der Waals surface area contributed by atoms with Crippen molar-refractivity contribution in [2.24, 2.45) is 0 Å². The quantitative estimate of drug-likeness (QED) is 0.721. The van der Waals surface area contributed by atoms with Gasteiger partial charge in [0.25, 0.3) is 5.91 Å². The van der Waals surface area contributed by atoms with E-state index in [2.05, 4.69) is 15.5 Å². The van der Waals surface area contributed by atoms with Gasteiger partial charge in [-0.2, -0.15) is 0 Å². The standard InChI is InChI=1S/C20H20N4O3/c1-24(15-7-5-4-6-8-15)19-12-11-18(22-23-19)21-20(25)14-9-10-16(26-2)17(13-14)27-3/h4-13H,1-3H3,(H,21,22,25). The molecule has 1 N–H and O–H groups in total. The second kappa shape index (κ2) is 8.18. The Morgan fingerprint density at radius 3 is 2.30 bits per heavy atom. The molecule has 0 aliphatic carbocycles. The van der Waals surface area contributed by atoms with E-state index < -0.39 is 0 Å². The zero-order chi connectivity index (χ0) is 19.2. The van der Waals surface area contributed by atoms with Crippen molar-refractivity contribution < 1.29 is 14.3 Å². The maximum atomic E-state index is 12.4. The normalized spacial score (nSPS) is 10.2. The number of amides is 1. The lowest BCUT2D eigenvalue weighted by molar-refractivity contribution is 0.102. The van der Waals surface area contributed by atoms with E-state index in [1.54, 1.807) is 37.4 Å². The Morgan fingerprint density at radius 1 is 0.926 bits per heavy atom. The van der Waals surface area contributed by atoms with Gasteiger partial charge in [-0.3, -0.25) is 4.79 Å². The number of carbonyl (C=O) groups is 1. The van der Waals surface area contributed by atoms with Crippen LogP contribution in [0.1, 0.15) is 10.4 Å². The van der Waals surface area contributed by atoms with Crippen LogP contribution in [0.5, 0.6) is 11.5 Å². The van der Waals surface area contributed by atoms with Gasteiger partial charge in [-0.1, -0.05) is 18.2 Å². The zero-order valence-electron chi connectivity index (χ0n) is 15.3. The molecule has 1 aromatic heterocycles. The third-order valence-electron chi connectivity index (χ3n) is 4.02. The summed E-state index contributed by atoms with van der Waals surface area (Å²) < 4.78 is 10.4. The van der Waals surface area contributed by atoms with Crippen molar-refractivity contribution in [1.29, 1.82) is 0 Å². The monoisotopic (exact) mass is 364 g/mol. The molecule has 0 saturated heterocycles. The number of nitrogens with zero attached hydrogens (tertiary/aromatic N) is 3. The number of methoxy groups -OCH3 is 2. The van der Waals surface area contributed by atoms with Crippen LogP contribution in [0.4, 0.5) is 17.3 Å². The molecule has 0 spiro atoms. The number of rotatable bonds is 6. The summed E-state index contributed by atoms with van der Waals surface area (Å²) in [6.45, 7) is 0. The number of nitrogens with one attached hydrogen (secondary N) is 1. The Bertz CT molecular complexity index is 914. The van der Waals surface area contributed by atoms with Gasteiger partial charge < -0.3 is 19.7 Å². The van der Waals surface area contributed by atoms with Crippen LogP contribution in [0, 0.1) is 0 Å². The molecule has 0 bridgehead atoms. The molecule has 2 aromatic carbocycles. The van der Waals surface area contributed by atoms with Gasteiger partial charge in [-0.25, -0.2) is 0 Å². The number of carbonyl (C=O) groups excluding carboxylic acids is 1. The smallest absolute Gasteiger partial charge is 0.257 e. The molecule has 3 aromatic rings. The fourth-order valence-corrected chi connectivity index (χ4v) is 2.52. The topological polar surface area (TPSA) is 76.6 Å². The van der Waals surface area contributed by atoms with Gasteiger partial charge in [0.2, 0.25) is 0 Å².